The lowest BCUT2D eigenvalue weighted by atomic mass is 10.4. The average molecular weight is 189 g/mol. The summed E-state index contributed by atoms with van der Waals surface area (Å²) < 4.78 is 35.7. The summed E-state index contributed by atoms with van der Waals surface area (Å²) in [5.74, 6) is -0.206. The van der Waals surface area contributed by atoms with Gasteiger partial charge in [-0.1, -0.05) is 0 Å². The first-order valence-electron chi connectivity index (χ1n) is 3.01. The normalized spacial score (nSPS) is 10.7. The molecule has 0 unspecified atom stereocenters. The molecule has 7 heteroatoms. The van der Waals surface area contributed by atoms with Crippen molar-refractivity contribution in [2.75, 3.05) is 0 Å². The highest BCUT2D eigenvalue weighted by Gasteiger charge is 2.32. The SMILES string of the molecule is O=C=Nc1cnc(C(F)(F)F)cn1. The van der Waals surface area contributed by atoms with E-state index in [1.165, 1.54) is 0 Å². The highest BCUT2D eigenvalue weighted by Crippen LogP contribution is 2.26. The third-order valence-corrected chi connectivity index (χ3v) is 1.09. The van der Waals surface area contributed by atoms with Crippen molar-refractivity contribution in [1.29, 1.82) is 0 Å². The highest BCUT2D eigenvalue weighted by molar-refractivity contribution is 5.42. The van der Waals surface area contributed by atoms with Crippen LogP contribution in [-0.2, 0) is 11.0 Å². The molecular formula is C6H2F3N3O. The van der Waals surface area contributed by atoms with E-state index in [1.807, 2.05) is 0 Å². The molecule has 0 aromatic carbocycles. The van der Waals surface area contributed by atoms with Crippen molar-refractivity contribution in [2.45, 2.75) is 6.18 Å². The van der Waals surface area contributed by atoms with Gasteiger partial charge in [0, 0.05) is 0 Å². The first-order chi connectivity index (χ1) is 6.04. The first kappa shape index (κ1) is 9.34. The summed E-state index contributed by atoms with van der Waals surface area (Å²) in [6.07, 6.45) is -2.16. The van der Waals surface area contributed by atoms with Gasteiger partial charge in [0.15, 0.2) is 11.5 Å². The molecule has 68 valence electrons. The van der Waals surface area contributed by atoms with Gasteiger partial charge < -0.3 is 0 Å². The molecule has 1 aromatic rings. The van der Waals surface area contributed by atoms with Crippen LogP contribution >= 0.6 is 0 Å². The maximum atomic E-state index is 11.9. The van der Waals surface area contributed by atoms with Crippen LogP contribution < -0.4 is 0 Å². The number of halogens is 3. The van der Waals surface area contributed by atoms with Crippen molar-refractivity contribution in [3.05, 3.63) is 18.1 Å². The second kappa shape index (κ2) is 3.32. The summed E-state index contributed by atoms with van der Waals surface area (Å²) in [5.41, 5.74) is -1.13. The van der Waals surface area contributed by atoms with Crippen LogP contribution in [0.2, 0.25) is 0 Å². The molecule has 0 saturated carbocycles. The number of rotatable bonds is 1. The Hall–Kier alpha value is -1.75. The summed E-state index contributed by atoms with van der Waals surface area (Å²) >= 11 is 0. The molecular weight excluding hydrogens is 187 g/mol. The molecule has 0 aliphatic carbocycles. The fourth-order valence-electron chi connectivity index (χ4n) is 0.572. The summed E-state index contributed by atoms with van der Waals surface area (Å²) in [7, 11) is 0. The van der Waals surface area contributed by atoms with Gasteiger partial charge in [0.05, 0.1) is 12.4 Å². The number of aliphatic imine (C=N–C) groups is 1. The molecule has 4 nitrogen and oxygen atoms in total. The summed E-state index contributed by atoms with van der Waals surface area (Å²) in [6, 6.07) is 0. The Morgan fingerprint density at radius 3 is 2.38 bits per heavy atom. The smallest absolute Gasteiger partial charge is 0.246 e. The summed E-state index contributed by atoms with van der Waals surface area (Å²) in [6.45, 7) is 0. The second-order valence-corrected chi connectivity index (χ2v) is 1.96. The number of alkyl halides is 3. The lowest BCUT2D eigenvalue weighted by Crippen LogP contribution is -2.07. The van der Waals surface area contributed by atoms with E-state index in [9.17, 15) is 18.0 Å². The van der Waals surface area contributed by atoms with Crippen molar-refractivity contribution < 1.29 is 18.0 Å². The van der Waals surface area contributed by atoms with Crippen LogP contribution in [0.3, 0.4) is 0 Å². The van der Waals surface area contributed by atoms with Crippen LogP contribution in [0.4, 0.5) is 19.0 Å². The van der Waals surface area contributed by atoms with Gasteiger partial charge >= 0.3 is 6.18 Å². The van der Waals surface area contributed by atoms with Crippen molar-refractivity contribution >= 4 is 11.9 Å². The van der Waals surface area contributed by atoms with Crippen LogP contribution in [0.15, 0.2) is 17.4 Å². The Balaban J connectivity index is 3.00. The van der Waals surface area contributed by atoms with Crippen molar-refractivity contribution in [3.8, 4) is 0 Å². The minimum Gasteiger partial charge on any atom is -0.246 e. The largest absolute Gasteiger partial charge is 0.434 e. The fraction of sp³-hybridized carbons (Fsp3) is 0.167. The van der Waals surface area contributed by atoms with E-state index >= 15 is 0 Å². The Labute approximate surface area is 70.2 Å². The first-order valence-corrected chi connectivity index (χ1v) is 3.01. The van der Waals surface area contributed by atoms with Gasteiger partial charge in [0.2, 0.25) is 6.08 Å². The molecule has 0 amide bonds. The highest BCUT2D eigenvalue weighted by atomic mass is 19.4. The molecule has 0 N–H and O–H groups in total. The maximum Gasteiger partial charge on any atom is 0.434 e. The molecule has 0 bridgehead atoms. The minimum absolute atomic E-state index is 0.206. The van der Waals surface area contributed by atoms with Gasteiger partial charge in [-0.25, -0.2) is 14.8 Å². The van der Waals surface area contributed by atoms with Gasteiger partial charge in [-0.2, -0.15) is 13.2 Å². The molecule has 1 rings (SSSR count). The third kappa shape index (κ3) is 2.34. The predicted molar refractivity (Wildman–Crippen MR) is 34.8 cm³/mol. The quantitative estimate of drug-likeness (QED) is 0.496. The van der Waals surface area contributed by atoms with E-state index in [2.05, 4.69) is 15.0 Å². The number of aromatic nitrogens is 2. The minimum atomic E-state index is -4.53. The number of carbonyl (C=O) groups excluding carboxylic acids is 1. The standard InChI is InChI=1S/C6H2F3N3O/c7-6(8,9)4-1-11-5(2-10-4)12-3-13/h1-2H. The molecule has 0 saturated heterocycles. The molecule has 1 aromatic heterocycles. The van der Waals surface area contributed by atoms with Crippen molar-refractivity contribution in [3.63, 3.8) is 0 Å². The lowest BCUT2D eigenvalue weighted by molar-refractivity contribution is -0.141. The fourth-order valence-corrected chi connectivity index (χ4v) is 0.572. The monoisotopic (exact) mass is 189 g/mol. The lowest BCUT2D eigenvalue weighted by Gasteiger charge is -2.02. The van der Waals surface area contributed by atoms with Crippen LogP contribution in [0, 0.1) is 0 Å². The number of nitrogens with zero attached hydrogens (tertiary/aromatic N) is 3. The molecule has 0 atom stereocenters. The zero-order valence-corrected chi connectivity index (χ0v) is 6.04. The molecule has 0 aliphatic heterocycles. The van der Waals surface area contributed by atoms with Gasteiger partial charge in [-0.05, 0) is 0 Å². The Bertz CT molecular complexity index is 339. The zero-order chi connectivity index (χ0) is 9.90. The number of hydrogen-bond acceptors (Lipinski definition) is 4. The van der Waals surface area contributed by atoms with Crippen LogP contribution in [-0.4, -0.2) is 16.0 Å². The van der Waals surface area contributed by atoms with E-state index < -0.39 is 11.9 Å². The van der Waals surface area contributed by atoms with E-state index in [0.29, 0.717) is 6.20 Å². The van der Waals surface area contributed by atoms with Gasteiger partial charge in [-0.3, -0.25) is 0 Å². The third-order valence-electron chi connectivity index (χ3n) is 1.09. The van der Waals surface area contributed by atoms with E-state index in [1.54, 1.807) is 0 Å². The van der Waals surface area contributed by atoms with Crippen molar-refractivity contribution in [1.82, 2.24) is 9.97 Å². The molecule has 13 heavy (non-hydrogen) atoms. The zero-order valence-electron chi connectivity index (χ0n) is 6.04. The molecule has 0 aliphatic rings. The molecule has 0 fully saturated rings. The summed E-state index contributed by atoms with van der Waals surface area (Å²) in [5, 5.41) is 0. The average Bonchev–Trinajstić information content (AvgIpc) is 2.04. The maximum absolute atomic E-state index is 11.9. The Morgan fingerprint density at radius 1 is 1.31 bits per heavy atom. The van der Waals surface area contributed by atoms with Gasteiger partial charge in [0.25, 0.3) is 0 Å². The predicted octanol–water partition coefficient (Wildman–Crippen LogP) is 1.46. The summed E-state index contributed by atoms with van der Waals surface area (Å²) in [4.78, 5) is 18.9. The van der Waals surface area contributed by atoms with E-state index in [4.69, 9.17) is 0 Å². The van der Waals surface area contributed by atoms with Crippen LogP contribution in [0.1, 0.15) is 5.69 Å². The van der Waals surface area contributed by atoms with Gasteiger partial charge in [0.1, 0.15) is 0 Å². The Morgan fingerprint density at radius 2 is 2.00 bits per heavy atom. The van der Waals surface area contributed by atoms with Crippen LogP contribution in [0.25, 0.3) is 0 Å². The van der Waals surface area contributed by atoms with E-state index in [-0.39, 0.29) is 5.82 Å². The topological polar surface area (TPSA) is 55.2 Å². The molecule has 1 heterocycles. The molecule has 0 radical (unpaired) electrons. The number of isocyanates is 1. The van der Waals surface area contributed by atoms with E-state index in [0.717, 1.165) is 12.3 Å². The number of hydrogen-bond donors (Lipinski definition) is 0. The van der Waals surface area contributed by atoms with Crippen LogP contribution in [0.5, 0.6) is 0 Å². The Kier molecular flexibility index (Phi) is 2.39. The van der Waals surface area contributed by atoms with Gasteiger partial charge in [-0.15, -0.1) is 4.99 Å². The molecule has 0 spiro atoms. The second-order valence-electron chi connectivity index (χ2n) is 1.96. The van der Waals surface area contributed by atoms with Crippen molar-refractivity contribution in [2.24, 2.45) is 4.99 Å².